The summed E-state index contributed by atoms with van der Waals surface area (Å²) in [5.74, 6) is 0. The molecule has 0 radical (unpaired) electrons. The summed E-state index contributed by atoms with van der Waals surface area (Å²) in [4.78, 5) is 5.04. The zero-order valence-electron chi connectivity index (χ0n) is 14.4. The summed E-state index contributed by atoms with van der Waals surface area (Å²) >= 11 is 0. The molecule has 0 unspecified atom stereocenters. The first kappa shape index (κ1) is 16.0. The lowest BCUT2D eigenvalue weighted by atomic mass is 10.1. The van der Waals surface area contributed by atoms with Gasteiger partial charge in [-0.1, -0.05) is 12.1 Å². The molecule has 0 atom stereocenters. The number of aromatic nitrogens is 2. The zero-order valence-corrected chi connectivity index (χ0v) is 14.4. The second kappa shape index (κ2) is 6.72. The van der Waals surface area contributed by atoms with Gasteiger partial charge in [0.15, 0.2) is 0 Å². The van der Waals surface area contributed by atoms with Gasteiger partial charge >= 0.3 is 0 Å². The molecule has 1 aromatic carbocycles. The third-order valence-electron chi connectivity index (χ3n) is 4.86. The average Bonchev–Trinajstić information content (AvgIpc) is 2.76. The Hall–Kier alpha value is -1.85. The Balaban J connectivity index is 1.54. The van der Waals surface area contributed by atoms with Gasteiger partial charge in [-0.2, -0.15) is 5.10 Å². The van der Waals surface area contributed by atoms with Crippen molar-refractivity contribution in [1.82, 2.24) is 19.6 Å². The Morgan fingerprint density at radius 2 is 1.70 bits per heavy atom. The van der Waals surface area contributed by atoms with Crippen molar-refractivity contribution < 1.29 is 0 Å². The number of piperazine rings is 1. The molecule has 1 aliphatic heterocycles. The van der Waals surface area contributed by atoms with Gasteiger partial charge in [0, 0.05) is 63.3 Å². The fraction of sp³-hybridized carbons (Fsp3) is 0.500. The molecule has 0 aliphatic carbocycles. The molecule has 1 aromatic heterocycles. The minimum Gasteiger partial charge on any atom is -0.399 e. The van der Waals surface area contributed by atoms with Crippen molar-refractivity contribution in [3.05, 3.63) is 46.8 Å². The molecule has 1 fully saturated rings. The Morgan fingerprint density at radius 1 is 1.04 bits per heavy atom. The largest absolute Gasteiger partial charge is 0.399 e. The zero-order chi connectivity index (χ0) is 16.4. The normalized spacial score (nSPS) is 16.8. The highest BCUT2D eigenvalue weighted by Crippen LogP contribution is 2.17. The van der Waals surface area contributed by atoms with Gasteiger partial charge in [0.25, 0.3) is 0 Å². The van der Waals surface area contributed by atoms with Gasteiger partial charge in [-0.05, 0) is 31.5 Å². The van der Waals surface area contributed by atoms with Crippen LogP contribution in [0.4, 0.5) is 5.69 Å². The molecule has 124 valence electrons. The molecule has 2 aromatic rings. The van der Waals surface area contributed by atoms with Crippen LogP contribution in [0.3, 0.4) is 0 Å². The van der Waals surface area contributed by atoms with Crippen LogP contribution in [0, 0.1) is 13.8 Å². The average molecular weight is 313 g/mol. The van der Waals surface area contributed by atoms with Gasteiger partial charge in [-0.3, -0.25) is 14.5 Å². The number of aryl methyl sites for hydroxylation is 2. The van der Waals surface area contributed by atoms with Crippen LogP contribution in [0.5, 0.6) is 0 Å². The molecule has 3 rings (SSSR count). The predicted molar refractivity (Wildman–Crippen MR) is 94.1 cm³/mol. The van der Waals surface area contributed by atoms with Crippen LogP contribution >= 0.6 is 0 Å². The molecule has 1 saturated heterocycles. The summed E-state index contributed by atoms with van der Waals surface area (Å²) in [5, 5.41) is 4.52. The van der Waals surface area contributed by atoms with Crippen molar-refractivity contribution in [1.29, 1.82) is 0 Å². The van der Waals surface area contributed by atoms with Gasteiger partial charge in [0.05, 0.1) is 5.69 Å². The monoisotopic (exact) mass is 313 g/mol. The van der Waals surface area contributed by atoms with Crippen LogP contribution in [0.25, 0.3) is 0 Å². The van der Waals surface area contributed by atoms with Crippen molar-refractivity contribution in [2.75, 3.05) is 31.9 Å². The van der Waals surface area contributed by atoms with Crippen LogP contribution < -0.4 is 5.73 Å². The lowest BCUT2D eigenvalue weighted by Crippen LogP contribution is -2.45. The fourth-order valence-corrected chi connectivity index (χ4v) is 3.33. The first-order valence-corrected chi connectivity index (χ1v) is 8.31. The van der Waals surface area contributed by atoms with Crippen molar-refractivity contribution in [3.63, 3.8) is 0 Å². The third-order valence-corrected chi connectivity index (χ3v) is 4.86. The SMILES string of the molecule is Cc1nn(C)c(C)c1CN1CCN(Cc2cccc(N)c2)CC1. The molecule has 1 aliphatic rings. The third kappa shape index (κ3) is 3.74. The molecule has 5 heteroatoms. The van der Waals surface area contributed by atoms with E-state index in [0.29, 0.717) is 0 Å². The van der Waals surface area contributed by atoms with Crippen LogP contribution in [-0.2, 0) is 20.1 Å². The number of anilines is 1. The fourth-order valence-electron chi connectivity index (χ4n) is 3.33. The van der Waals surface area contributed by atoms with E-state index in [9.17, 15) is 0 Å². The van der Waals surface area contributed by atoms with E-state index in [2.05, 4.69) is 40.9 Å². The standard InChI is InChI=1S/C18H27N5/c1-14-18(15(2)21(3)20-14)13-23-9-7-22(8-10-23)12-16-5-4-6-17(19)11-16/h4-6,11H,7-10,12-13,19H2,1-3H3. The lowest BCUT2D eigenvalue weighted by Gasteiger charge is -2.34. The number of hydrogen-bond donors (Lipinski definition) is 1. The highest BCUT2D eigenvalue weighted by Gasteiger charge is 2.19. The van der Waals surface area contributed by atoms with E-state index < -0.39 is 0 Å². The van der Waals surface area contributed by atoms with E-state index >= 15 is 0 Å². The Bertz CT molecular complexity index is 668. The maximum absolute atomic E-state index is 5.87. The molecule has 23 heavy (non-hydrogen) atoms. The smallest absolute Gasteiger partial charge is 0.0641 e. The van der Waals surface area contributed by atoms with Crippen molar-refractivity contribution >= 4 is 5.69 Å². The van der Waals surface area contributed by atoms with Gasteiger partial charge in [0.2, 0.25) is 0 Å². The lowest BCUT2D eigenvalue weighted by molar-refractivity contribution is 0.121. The molecule has 0 saturated carbocycles. The van der Waals surface area contributed by atoms with E-state index in [1.807, 2.05) is 23.9 Å². The number of nitrogens with two attached hydrogens (primary N) is 1. The molecule has 0 amide bonds. The van der Waals surface area contributed by atoms with E-state index in [1.54, 1.807) is 0 Å². The summed E-state index contributed by atoms with van der Waals surface area (Å²) in [7, 11) is 2.02. The number of benzene rings is 1. The first-order valence-electron chi connectivity index (χ1n) is 8.31. The van der Waals surface area contributed by atoms with Gasteiger partial charge in [-0.25, -0.2) is 0 Å². The van der Waals surface area contributed by atoms with Gasteiger partial charge < -0.3 is 5.73 Å². The first-order chi connectivity index (χ1) is 11.0. The van der Waals surface area contributed by atoms with Crippen LogP contribution in [0.2, 0.25) is 0 Å². The highest BCUT2D eigenvalue weighted by molar-refractivity contribution is 5.40. The summed E-state index contributed by atoms with van der Waals surface area (Å²) in [6, 6.07) is 8.22. The minimum absolute atomic E-state index is 0.851. The van der Waals surface area contributed by atoms with E-state index in [1.165, 1.54) is 16.8 Å². The summed E-state index contributed by atoms with van der Waals surface area (Å²) < 4.78 is 1.99. The van der Waals surface area contributed by atoms with Crippen LogP contribution in [-0.4, -0.2) is 45.8 Å². The van der Waals surface area contributed by atoms with E-state index in [-0.39, 0.29) is 0 Å². The molecule has 5 nitrogen and oxygen atoms in total. The van der Waals surface area contributed by atoms with Crippen molar-refractivity contribution in [2.24, 2.45) is 7.05 Å². The molecule has 0 spiro atoms. The molecular formula is C18H27N5. The summed E-state index contributed by atoms with van der Waals surface area (Å²) in [6.45, 7) is 10.7. The molecular weight excluding hydrogens is 286 g/mol. The van der Waals surface area contributed by atoms with Crippen LogP contribution in [0.1, 0.15) is 22.5 Å². The molecule has 2 heterocycles. The maximum Gasteiger partial charge on any atom is 0.0641 e. The summed E-state index contributed by atoms with van der Waals surface area (Å²) in [6.07, 6.45) is 0. The Labute approximate surface area is 138 Å². The quantitative estimate of drug-likeness (QED) is 0.877. The van der Waals surface area contributed by atoms with Crippen molar-refractivity contribution in [2.45, 2.75) is 26.9 Å². The minimum atomic E-state index is 0.851. The van der Waals surface area contributed by atoms with Crippen LogP contribution in [0.15, 0.2) is 24.3 Å². The topological polar surface area (TPSA) is 50.3 Å². The summed E-state index contributed by atoms with van der Waals surface area (Å²) in [5.41, 5.74) is 11.8. The van der Waals surface area contributed by atoms with Gasteiger partial charge in [0.1, 0.15) is 0 Å². The van der Waals surface area contributed by atoms with Gasteiger partial charge in [-0.15, -0.1) is 0 Å². The van der Waals surface area contributed by atoms with E-state index in [0.717, 1.165) is 50.6 Å². The maximum atomic E-state index is 5.87. The number of rotatable bonds is 4. The van der Waals surface area contributed by atoms with E-state index in [4.69, 9.17) is 5.73 Å². The Kier molecular flexibility index (Phi) is 4.68. The number of hydrogen-bond acceptors (Lipinski definition) is 4. The number of nitrogens with zero attached hydrogens (tertiary/aromatic N) is 4. The van der Waals surface area contributed by atoms with Crippen molar-refractivity contribution in [3.8, 4) is 0 Å². The molecule has 0 bridgehead atoms. The Morgan fingerprint density at radius 3 is 2.26 bits per heavy atom. The number of nitrogen functional groups attached to an aromatic ring is 1. The highest BCUT2D eigenvalue weighted by atomic mass is 15.3. The second-order valence-corrected chi connectivity index (χ2v) is 6.57. The predicted octanol–water partition coefficient (Wildman–Crippen LogP) is 1.94. The molecule has 2 N–H and O–H groups in total. The second-order valence-electron chi connectivity index (χ2n) is 6.57.